The van der Waals surface area contributed by atoms with Crippen LogP contribution in [-0.2, 0) is 0 Å². The Morgan fingerprint density at radius 2 is 2.00 bits per heavy atom. The monoisotopic (exact) mass is 290 g/mol. The quantitative estimate of drug-likeness (QED) is 0.656. The van der Waals surface area contributed by atoms with E-state index in [2.05, 4.69) is 24.2 Å². The number of hydrogen-bond acceptors (Lipinski definition) is 4. The zero-order chi connectivity index (χ0) is 15.4. The van der Waals surface area contributed by atoms with E-state index in [0.29, 0.717) is 6.04 Å². The van der Waals surface area contributed by atoms with Gasteiger partial charge in [0.25, 0.3) is 5.91 Å². The van der Waals surface area contributed by atoms with Gasteiger partial charge in [-0.1, -0.05) is 6.92 Å². The first-order valence-corrected chi connectivity index (χ1v) is 7.67. The summed E-state index contributed by atoms with van der Waals surface area (Å²) in [6, 6.07) is 6.20. The lowest BCUT2D eigenvalue weighted by atomic mass is 10.1. The molecule has 1 aromatic rings. The van der Waals surface area contributed by atoms with Gasteiger partial charge in [0.1, 0.15) is 0 Å². The highest BCUT2D eigenvalue weighted by atomic mass is 16.2. The van der Waals surface area contributed by atoms with E-state index in [9.17, 15) is 4.79 Å². The van der Waals surface area contributed by atoms with Crippen molar-refractivity contribution in [2.24, 2.45) is 5.84 Å². The van der Waals surface area contributed by atoms with Crippen LogP contribution in [0.15, 0.2) is 18.2 Å². The number of nitrogens with two attached hydrogens (primary N) is 1. The molecular formula is C16H26N4O. The summed E-state index contributed by atoms with van der Waals surface area (Å²) in [4.78, 5) is 17.0. The van der Waals surface area contributed by atoms with Gasteiger partial charge in [-0.15, -0.1) is 0 Å². The van der Waals surface area contributed by atoms with Crippen LogP contribution in [0.2, 0.25) is 0 Å². The Hall–Kier alpha value is -1.59. The number of aryl methyl sites for hydroxylation is 1. The van der Waals surface area contributed by atoms with Gasteiger partial charge in [-0.05, 0) is 44.0 Å². The number of nitrogens with one attached hydrogen (secondary N) is 1. The molecule has 21 heavy (non-hydrogen) atoms. The molecule has 1 aliphatic heterocycles. The largest absolute Gasteiger partial charge is 0.336 e. The van der Waals surface area contributed by atoms with E-state index in [4.69, 9.17) is 5.84 Å². The summed E-state index contributed by atoms with van der Waals surface area (Å²) in [5.74, 6) is 5.54. The number of piperazine rings is 1. The smallest absolute Gasteiger partial charge is 0.253 e. The summed E-state index contributed by atoms with van der Waals surface area (Å²) >= 11 is 0. The molecule has 1 aromatic carbocycles. The molecule has 0 bridgehead atoms. The molecule has 0 saturated carbocycles. The maximum atomic E-state index is 12.6. The Morgan fingerprint density at radius 3 is 2.52 bits per heavy atom. The lowest BCUT2D eigenvalue weighted by molar-refractivity contribution is 0.0579. The second-order valence-corrected chi connectivity index (χ2v) is 5.76. The molecule has 0 aromatic heterocycles. The van der Waals surface area contributed by atoms with Crippen LogP contribution in [0.4, 0.5) is 5.69 Å². The number of carbonyl (C=O) groups excluding carboxylic acids is 1. The number of nitrogens with zero attached hydrogens (tertiary/aromatic N) is 2. The molecule has 5 nitrogen and oxygen atoms in total. The lowest BCUT2D eigenvalue weighted by Gasteiger charge is -2.37. The lowest BCUT2D eigenvalue weighted by Crippen LogP contribution is -2.51. The van der Waals surface area contributed by atoms with Crippen molar-refractivity contribution >= 4 is 11.6 Å². The third kappa shape index (κ3) is 3.54. The molecule has 1 amide bonds. The van der Waals surface area contributed by atoms with Crippen LogP contribution in [0, 0.1) is 6.92 Å². The topological polar surface area (TPSA) is 61.6 Å². The molecule has 5 heteroatoms. The molecular weight excluding hydrogens is 264 g/mol. The number of anilines is 1. The fourth-order valence-corrected chi connectivity index (χ4v) is 2.77. The van der Waals surface area contributed by atoms with E-state index in [0.717, 1.165) is 49.4 Å². The molecule has 1 saturated heterocycles. The van der Waals surface area contributed by atoms with E-state index in [-0.39, 0.29) is 5.91 Å². The van der Waals surface area contributed by atoms with Crippen LogP contribution in [0.25, 0.3) is 0 Å². The summed E-state index contributed by atoms with van der Waals surface area (Å²) in [5.41, 5.74) is 5.22. The average Bonchev–Trinajstić information content (AvgIpc) is 2.53. The first-order valence-electron chi connectivity index (χ1n) is 7.67. The normalized spacial score (nSPS) is 17.6. The first-order chi connectivity index (χ1) is 10.1. The molecule has 0 aliphatic carbocycles. The minimum absolute atomic E-state index is 0.116. The van der Waals surface area contributed by atoms with Gasteiger partial charge in [0.05, 0.1) is 5.69 Å². The van der Waals surface area contributed by atoms with Crippen molar-refractivity contribution in [3.05, 3.63) is 29.3 Å². The minimum atomic E-state index is 0.116. The van der Waals surface area contributed by atoms with Crippen LogP contribution in [-0.4, -0.2) is 47.9 Å². The third-order valence-corrected chi connectivity index (χ3v) is 4.44. The van der Waals surface area contributed by atoms with Gasteiger partial charge < -0.3 is 10.3 Å². The third-order valence-electron chi connectivity index (χ3n) is 4.44. The van der Waals surface area contributed by atoms with Crippen molar-refractivity contribution in [3.63, 3.8) is 0 Å². The van der Waals surface area contributed by atoms with Crippen LogP contribution in [0.1, 0.15) is 36.2 Å². The van der Waals surface area contributed by atoms with E-state index < -0.39 is 0 Å². The summed E-state index contributed by atoms with van der Waals surface area (Å²) in [6.07, 6.45) is 1.15. The van der Waals surface area contributed by atoms with Gasteiger partial charge in [-0.25, -0.2) is 0 Å². The summed E-state index contributed by atoms with van der Waals surface area (Å²) in [6.45, 7) is 9.94. The molecule has 2 rings (SSSR count). The molecule has 116 valence electrons. The fraction of sp³-hybridized carbons (Fsp3) is 0.562. The van der Waals surface area contributed by atoms with Crippen LogP contribution >= 0.6 is 0 Å². The van der Waals surface area contributed by atoms with Crippen molar-refractivity contribution in [1.29, 1.82) is 0 Å². The molecule has 1 unspecified atom stereocenters. The Labute approximate surface area is 127 Å². The highest BCUT2D eigenvalue weighted by Crippen LogP contribution is 2.18. The van der Waals surface area contributed by atoms with Gasteiger partial charge in [0.2, 0.25) is 0 Å². The summed E-state index contributed by atoms with van der Waals surface area (Å²) < 4.78 is 0. The van der Waals surface area contributed by atoms with E-state index in [1.165, 1.54) is 0 Å². The van der Waals surface area contributed by atoms with Crippen molar-refractivity contribution in [2.75, 3.05) is 31.6 Å². The summed E-state index contributed by atoms with van der Waals surface area (Å²) in [7, 11) is 0. The molecule has 1 atom stereocenters. The predicted octanol–water partition coefficient (Wildman–Crippen LogP) is 1.84. The molecule has 0 radical (unpaired) electrons. The number of hydrazine groups is 1. The Balaban J connectivity index is 2.00. The van der Waals surface area contributed by atoms with Crippen molar-refractivity contribution in [3.8, 4) is 0 Å². The number of amides is 1. The SMILES string of the molecule is CCC(C)N1CCN(C(=O)c2ccc(NN)c(C)c2)CC1. The maximum absolute atomic E-state index is 12.6. The van der Waals surface area contributed by atoms with Gasteiger partial charge in [0.15, 0.2) is 0 Å². The highest BCUT2D eigenvalue weighted by molar-refractivity contribution is 5.95. The molecule has 1 aliphatic rings. The van der Waals surface area contributed by atoms with Gasteiger partial charge in [-0.2, -0.15) is 0 Å². The predicted molar refractivity (Wildman–Crippen MR) is 86.2 cm³/mol. The Morgan fingerprint density at radius 1 is 1.33 bits per heavy atom. The van der Waals surface area contributed by atoms with Crippen LogP contribution < -0.4 is 11.3 Å². The average molecular weight is 290 g/mol. The molecule has 0 spiro atoms. The Bertz CT molecular complexity index is 495. The van der Waals surface area contributed by atoms with E-state index >= 15 is 0 Å². The molecule has 1 fully saturated rings. The van der Waals surface area contributed by atoms with Crippen molar-refractivity contribution < 1.29 is 4.79 Å². The van der Waals surface area contributed by atoms with Crippen LogP contribution in [0.3, 0.4) is 0 Å². The number of hydrogen-bond donors (Lipinski definition) is 2. The summed E-state index contributed by atoms with van der Waals surface area (Å²) in [5, 5.41) is 0. The zero-order valence-electron chi connectivity index (χ0n) is 13.2. The number of rotatable bonds is 4. The standard InChI is InChI=1S/C16H26N4O/c1-4-13(3)19-7-9-20(10-8-19)16(21)14-5-6-15(18-17)12(2)11-14/h5-6,11,13,18H,4,7-10,17H2,1-3H3. The van der Waals surface area contributed by atoms with E-state index in [1.807, 2.05) is 30.0 Å². The first kappa shape index (κ1) is 15.8. The molecule has 3 N–H and O–H groups in total. The minimum Gasteiger partial charge on any atom is -0.336 e. The van der Waals surface area contributed by atoms with Crippen molar-refractivity contribution in [2.45, 2.75) is 33.2 Å². The second kappa shape index (κ2) is 6.91. The zero-order valence-corrected chi connectivity index (χ0v) is 13.2. The number of benzene rings is 1. The van der Waals surface area contributed by atoms with Gasteiger partial charge in [-0.3, -0.25) is 15.5 Å². The number of nitrogen functional groups attached to an aromatic ring is 1. The number of carbonyl (C=O) groups is 1. The van der Waals surface area contributed by atoms with Gasteiger partial charge in [0, 0.05) is 37.8 Å². The van der Waals surface area contributed by atoms with E-state index in [1.54, 1.807) is 0 Å². The van der Waals surface area contributed by atoms with Crippen molar-refractivity contribution in [1.82, 2.24) is 9.80 Å². The Kier molecular flexibility index (Phi) is 5.20. The van der Waals surface area contributed by atoms with Gasteiger partial charge >= 0.3 is 0 Å². The second-order valence-electron chi connectivity index (χ2n) is 5.76. The van der Waals surface area contributed by atoms with Crippen LogP contribution in [0.5, 0.6) is 0 Å². The molecule has 1 heterocycles. The fourth-order valence-electron chi connectivity index (χ4n) is 2.77. The maximum Gasteiger partial charge on any atom is 0.253 e. The highest BCUT2D eigenvalue weighted by Gasteiger charge is 2.24.